The molecule has 1 aliphatic heterocycles. The monoisotopic (exact) mass is 420 g/mol. The molecule has 1 N–H and O–H groups in total. The van der Waals surface area contributed by atoms with Crippen LogP contribution < -0.4 is 5.32 Å². The number of rotatable bonds is 4. The summed E-state index contributed by atoms with van der Waals surface area (Å²) in [7, 11) is 0. The van der Waals surface area contributed by atoms with Crippen molar-refractivity contribution < 1.29 is 0 Å². The molecule has 6 nitrogen and oxygen atoms in total. The Morgan fingerprint density at radius 3 is 2.86 bits per heavy atom. The highest BCUT2D eigenvalue weighted by atomic mass is 35.5. The summed E-state index contributed by atoms with van der Waals surface area (Å²) in [4.78, 5) is 22.0. The van der Waals surface area contributed by atoms with Crippen LogP contribution in [-0.2, 0) is 13.0 Å². The van der Waals surface area contributed by atoms with Gasteiger partial charge in [0.2, 0.25) is 0 Å². The first kappa shape index (κ1) is 18.0. The number of benzene rings is 1. The van der Waals surface area contributed by atoms with Crippen molar-refractivity contribution in [2.45, 2.75) is 13.0 Å². The normalized spacial score (nSPS) is 12.3. The third-order valence-electron chi connectivity index (χ3n) is 4.74. The van der Waals surface area contributed by atoms with Gasteiger partial charge in [-0.05, 0) is 29.8 Å². The molecule has 4 heterocycles. The Balaban J connectivity index is 1.61. The maximum absolute atomic E-state index is 6.39. The number of nitrogens with one attached hydrogen (secondary N) is 1. The lowest BCUT2D eigenvalue weighted by Crippen LogP contribution is -2.06. The van der Waals surface area contributed by atoms with E-state index in [1.165, 1.54) is 0 Å². The molecule has 0 spiro atoms. The van der Waals surface area contributed by atoms with Gasteiger partial charge in [0.15, 0.2) is 5.82 Å². The van der Waals surface area contributed by atoms with Gasteiger partial charge >= 0.3 is 0 Å². The van der Waals surface area contributed by atoms with Crippen molar-refractivity contribution >= 4 is 51.8 Å². The Labute approximate surface area is 176 Å². The van der Waals surface area contributed by atoms with E-state index < -0.39 is 0 Å². The van der Waals surface area contributed by atoms with Crippen LogP contribution in [0.2, 0.25) is 10.2 Å². The zero-order valence-corrected chi connectivity index (χ0v) is 16.6. The maximum atomic E-state index is 6.39. The van der Waals surface area contributed by atoms with E-state index in [0.29, 0.717) is 22.5 Å². The first-order chi connectivity index (χ1) is 14.2. The van der Waals surface area contributed by atoms with Gasteiger partial charge in [-0.1, -0.05) is 35.3 Å². The SMILES string of the molecule is Clc1ncccc1-c1nc2c(Cl)cccc2cc1CNc1ncnc2c1N=CC2. The predicted molar refractivity (Wildman–Crippen MR) is 116 cm³/mol. The van der Waals surface area contributed by atoms with Crippen LogP contribution in [0.5, 0.6) is 0 Å². The number of halogens is 2. The molecule has 1 aliphatic rings. The minimum absolute atomic E-state index is 0.389. The van der Waals surface area contributed by atoms with Crippen molar-refractivity contribution in [1.29, 1.82) is 0 Å². The smallest absolute Gasteiger partial charge is 0.155 e. The van der Waals surface area contributed by atoms with Crippen molar-refractivity contribution in [3.63, 3.8) is 0 Å². The summed E-state index contributed by atoms with van der Waals surface area (Å²) >= 11 is 12.8. The zero-order valence-electron chi connectivity index (χ0n) is 15.1. The molecule has 0 saturated carbocycles. The molecule has 0 aliphatic carbocycles. The highest BCUT2D eigenvalue weighted by Gasteiger charge is 2.17. The quantitative estimate of drug-likeness (QED) is 0.455. The van der Waals surface area contributed by atoms with E-state index in [1.54, 1.807) is 12.5 Å². The summed E-state index contributed by atoms with van der Waals surface area (Å²) in [6, 6.07) is 11.5. The molecule has 1 aromatic carbocycles. The van der Waals surface area contributed by atoms with Gasteiger partial charge in [-0.3, -0.25) is 4.99 Å². The number of anilines is 1. The van der Waals surface area contributed by atoms with Crippen LogP contribution in [0.3, 0.4) is 0 Å². The average molecular weight is 421 g/mol. The molecule has 0 bridgehead atoms. The van der Waals surface area contributed by atoms with Gasteiger partial charge in [-0.25, -0.2) is 19.9 Å². The minimum atomic E-state index is 0.389. The number of hydrogen-bond donors (Lipinski definition) is 1. The number of aromatic nitrogens is 4. The van der Waals surface area contributed by atoms with E-state index >= 15 is 0 Å². The van der Waals surface area contributed by atoms with E-state index in [4.69, 9.17) is 28.2 Å². The van der Waals surface area contributed by atoms with Crippen LogP contribution >= 0.6 is 23.2 Å². The molecule has 29 heavy (non-hydrogen) atoms. The fourth-order valence-corrected chi connectivity index (χ4v) is 3.80. The van der Waals surface area contributed by atoms with Gasteiger partial charge in [-0.2, -0.15) is 0 Å². The summed E-state index contributed by atoms with van der Waals surface area (Å²) in [5, 5.41) is 5.30. The number of hydrogen-bond acceptors (Lipinski definition) is 6. The van der Waals surface area contributed by atoms with E-state index in [1.807, 2.05) is 36.5 Å². The van der Waals surface area contributed by atoms with E-state index in [9.17, 15) is 0 Å². The molecule has 142 valence electrons. The summed E-state index contributed by atoms with van der Waals surface area (Å²) < 4.78 is 0. The van der Waals surface area contributed by atoms with E-state index in [0.717, 1.165) is 45.5 Å². The molecule has 5 rings (SSSR count). The Bertz CT molecular complexity index is 1270. The molecule has 3 aromatic heterocycles. The van der Waals surface area contributed by atoms with Crippen LogP contribution in [0.4, 0.5) is 11.5 Å². The first-order valence-corrected chi connectivity index (χ1v) is 9.75. The zero-order chi connectivity index (χ0) is 19.8. The van der Waals surface area contributed by atoms with Crippen LogP contribution in [-0.4, -0.2) is 26.2 Å². The predicted octanol–water partition coefficient (Wildman–Crippen LogP) is 5.26. The largest absolute Gasteiger partial charge is 0.364 e. The topological polar surface area (TPSA) is 76.0 Å². The number of fused-ring (bicyclic) bond motifs is 2. The Morgan fingerprint density at radius 2 is 1.97 bits per heavy atom. The van der Waals surface area contributed by atoms with Crippen LogP contribution in [0.25, 0.3) is 22.2 Å². The van der Waals surface area contributed by atoms with Crippen molar-refractivity contribution in [1.82, 2.24) is 19.9 Å². The molecule has 0 atom stereocenters. The molecule has 8 heteroatoms. The minimum Gasteiger partial charge on any atom is -0.364 e. The summed E-state index contributed by atoms with van der Waals surface area (Å²) in [5.74, 6) is 0.693. The Hall–Kier alpha value is -3.09. The van der Waals surface area contributed by atoms with Crippen molar-refractivity contribution in [2.24, 2.45) is 4.99 Å². The first-order valence-electron chi connectivity index (χ1n) is 9.00. The standard InChI is InChI=1S/C21H14Cl2N6/c22-15-5-1-3-12-9-13(10-26-21-19-16(6-8-24-19)27-11-28-21)17(29-18(12)15)14-4-2-7-25-20(14)23/h1-5,7-9,11H,6,10H2,(H,26,27,28). The van der Waals surface area contributed by atoms with Crippen molar-refractivity contribution in [3.05, 3.63) is 70.4 Å². The summed E-state index contributed by atoms with van der Waals surface area (Å²) in [6.45, 7) is 0.481. The van der Waals surface area contributed by atoms with Gasteiger partial charge in [0.25, 0.3) is 0 Å². The maximum Gasteiger partial charge on any atom is 0.155 e. The molecule has 0 unspecified atom stereocenters. The molecule has 0 radical (unpaired) electrons. The van der Waals surface area contributed by atoms with E-state index in [2.05, 4.69) is 31.3 Å². The second kappa shape index (κ2) is 7.39. The lowest BCUT2D eigenvalue weighted by molar-refractivity contribution is 1.05. The molecule has 0 fully saturated rings. The van der Waals surface area contributed by atoms with E-state index in [-0.39, 0.29) is 0 Å². The van der Waals surface area contributed by atoms with Crippen molar-refractivity contribution in [3.8, 4) is 11.3 Å². The Morgan fingerprint density at radius 1 is 1.03 bits per heavy atom. The molecular formula is C21H14Cl2N6. The average Bonchev–Trinajstić information content (AvgIpc) is 3.22. The molecule has 4 aromatic rings. The van der Waals surface area contributed by atoms with Crippen LogP contribution in [0.15, 0.2) is 53.9 Å². The van der Waals surface area contributed by atoms with Gasteiger partial charge in [-0.15, -0.1) is 0 Å². The molecular weight excluding hydrogens is 407 g/mol. The molecule has 0 amide bonds. The van der Waals surface area contributed by atoms with Gasteiger partial charge in [0, 0.05) is 36.3 Å². The third kappa shape index (κ3) is 3.30. The highest BCUT2D eigenvalue weighted by Crippen LogP contribution is 2.34. The van der Waals surface area contributed by atoms with Gasteiger partial charge < -0.3 is 5.32 Å². The number of pyridine rings is 2. The second-order valence-corrected chi connectivity index (χ2v) is 7.30. The fraction of sp³-hybridized carbons (Fsp3) is 0.0952. The Kier molecular flexibility index (Phi) is 4.58. The molecule has 0 saturated heterocycles. The number of para-hydroxylation sites is 1. The number of aliphatic imine (C=N–C) groups is 1. The fourth-order valence-electron chi connectivity index (χ4n) is 3.37. The summed E-state index contributed by atoms with van der Waals surface area (Å²) in [5.41, 5.74) is 4.85. The summed E-state index contributed by atoms with van der Waals surface area (Å²) in [6.07, 6.45) is 5.76. The lowest BCUT2D eigenvalue weighted by Gasteiger charge is -2.14. The van der Waals surface area contributed by atoms with Gasteiger partial charge in [0.1, 0.15) is 17.2 Å². The third-order valence-corrected chi connectivity index (χ3v) is 5.35. The second-order valence-electron chi connectivity index (χ2n) is 6.54. The highest BCUT2D eigenvalue weighted by molar-refractivity contribution is 6.35. The van der Waals surface area contributed by atoms with Crippen LogP contribution in [0.1, 0.15) is 11.3 Å². The van der Waals surface area contributed by atoms with Gasteiger partial charge in [0.05, 0.1) is 21.9 Å². The van der Waals surface area contributed by atoms with Crippen molar-refractivity contribution in [2.75, 3.05) is 5.32 Å². The lowest BCUT2D eigenvalue weighted by atomic mass is 10.0. The number of nitrogens with zero attached hydrogens (tertiary/aromatic N) is 5. The van der Waals surface area contributed by atoms with Crippen LogP contribution in [0, 0.1) is 0 Å².